The molecule has 0 spiro atoms. The lowest BCUT2D eigenvalue weighted by molar-refractivity contribution is -0.160. The third-order valence-electron chi connectivity index (χ3n) is 4.33. The monoisotopic (exact) mass is 318 g/mol. The molecular formula is C15H30O5Si. The van der Waals surface area contributed by atoms with E-state index in [0.29, 0.717) is 0 Å². The highest BCUT2D eigenvalue weighted by Crippen LogP contribution is 2.37. The van der Waals surface area contributed by atoms with Crippen molar-refractivity contribution in [2.75, 3.05) is 6.61 Å². The summed E-state index contributed by atoms with van der Waals surface area (Å²) >= 11 is 0. The third-order valence-corrected chi connectivity index (χ3v) is 8.83. The molecule has 0 saturated carbocycles. The number of aliphatic hydroxyl groups is 1. The van der Waals surface area contributed by atoms with Crippen LogP contribution in [-0.2, 0) is 18.7 Å². The van der Waals surface area contributed by atoms with Crippen LogP contribution in [0.5, 0.6) is 0 Å². The maximum Gasteiger partial charge on any atom is 0.192 e. The Morgan fingerprint density at radius 1 is 1.33 bits per heavy atom. The van der Waals surface area contributed by atoms with Gasteiger partial charge in [-0.15, -0.1) is 0 Å². The number of ether oxygens (including phenoxy) is 2. The topological polar surface area (TPSA) is 65.0 Å². The average Bonchev–Trinajstić information content (AvgIpc) is 2.61. The molecule has 124 valence electrons. The lowest BCUT2D eigenvalue weighted by atomic mass is 10.1. The van der Waals surface area contributed by atoms with Gasteiger partial charge < -0.3 is 19.0 Å². The van der Waals surface area contributed by atoms with Gasteiger partial charge in [0.2, 0.25) is 0 Å². The van der Waals surface area contributed by atoms with Crippen molar-refractivity contribution in [2.45, 2.75) is 83.8 Å². The summed E-state index contributed by atoms with van der Waals surface area (Å²) in [7, 11) is -1.94. The summed E-state index contributed by atoms with van der Waals surface area (Å²) in [4.78, 5) is 11.7. The maximum absolute atomic E-state index is 11.7. The van der Waals surface area contributed by atoms with Crippen LogP contribution < -0.4 is 0 Å². The minimum absolute atomic E-state index is 0.0685. The molecule has 1 fully saturated rings. The predicted octanol–water partition coefficient (Wildman–Crippen LogP) is 2.48. The highest BCUT2D eigenvalue weighted by atomic mass is 28.4. The van der Waals surface area contributed by atoms with Gasteiger partial charge >= 0.3 is 0 Å². The van der Waals surface area contributed by atoms with Crippen molar-refractivity contribution in [3.8, 4) is 0 Å². The third kappa shape index (κ3) is 4.60. The summed E-state index contributed by atoms with van der Waals surface area (Å²) in [5.41, 5.74) is 0. The molecule has 0 radical (unpaired) electrons. The van der Waals surface area contributed by atoms with Crippen molar-refractivity contribution in [1.82, 2.24) is 0 Å². The fourth-order valence-electron chi connectivity index (χ4n) is 1.99. The normalized spacial score (nSPS) is 27.7. The number of ketones is 1. The van der Waals surface area contributed by atoms with Gasteiger partial charge in [-0.05, 0) is 38.9 Å². The Hall–Kier alpha value is -0.273. The summed E-state index contributed by atoms with van der Waals surface area (Å²) < 4.78 is 17.3. The Labute approximate surface area is 129 Å². The molecule has 1 heterocycles. The van der Waals surface area contributed by atoms with Crippen LogP contribution in [0.2, 0.25) is 18.1 Å². The minimum atomic E-state index is -1.94. The standard InChI is InChI=1S/C15H30O5Si/c1-10(16)12-13(20-15(5,6)19-12)11(17)9-18-21(7,8)14(2,3)4/h11-13,17H,9H2,1-8H3/t11-,12-,13+/m1/s1. The Morgan fingerprint density at radius 2 is 1.86 bits per heavy atom. The maximum atomic E-state index is 11.7. The zero-order valence-corrected chi connectivity index (χ0v) is 15.5. The van der Waals surface area contributed by atoms with Crippen molar-refractivity contribution in [2.24, 2.45) is 0 Å². The molecule has 21 heavy (non-hydrogen) atoms. The first-order valence-electron chi connectivity index (χ1n) is 7.45. The fourth-order valence-corrected chi connectivity index (χ4v) is 3.01. The average molecular weight is 318 g/mol. The number of carbonyl (C=O) groups excluding carboxylic acids is 1. The minimum Gasteiger partial charge on any atom is -0.414 e. The van der Waals surface area contributed by atoms with E-state index >= 15 is 0 Å². The van der Waals surface area contributed by atoms with Gasteiger partial charge in [0.25, 0.3) is 0 Å². The Morgan fingerprint density at radius 3 is 2.29 bits per heavy atom. The molecule has 5 nitrogen and oxygen atoms in total. The van der Waals surface area contributed by atoms with Crippen LogP contribution >= 0.6 is 0 Å². The van der Waals surface area contributed by atoms with Crippen LogP contribution in [0, 0.1) is 0 Å². The molecular weight excluding hydrogens is 288 g/mol. The molecule has 6 heteroatoms. The smallest absolute Gasteiger partial charge is 0.192 e. The van der Waals surface area contributed by atoms with Crippen molar-refractivity contribution < 1.29 is 23.8 Å². The molecule has 0 aromatic rings. The van der Waals surface area contributed by atoms with Gasteiger partial charge in [0.05, 0.1) is 6.61 Å². The first-order chi connectivity index (χ1) is 9.27. The van der Waals surface area contributed by atoms with Gasteiger partial charge in [-0.1, -0.05) is 20.8 Å². The van der Waals surface area contributed by atoms with Gasteiger partial charge in [-0.2, -0.15) is 0 Å². The van der Waals surface area contributed by atoms with Crippen LogP contribution in [-0.4, -0.2) is 49.9 Å². The van der Waals surface area contributed by atoms with E-state index < -0.39 is 32.4 Å². The van der Waals surface area contributed by atoms with Crippen LogP contribution in [0.4, 0.5) is 0 Å². The van der Waals surface area contributed by atoms with Crippen LogP contribution in [0.1, 0.15) is 41.5 Å². The van der Waals surface area contributed by atoms with Crippen LogP contribution in [0.25, 0.3) is 0 Å². The molecule has 3 atom stereocenters. The van der Waals surface area contributed by atoms with E-state index in [4.69, 9.17) is 13.9 Å². The SMILES string of the molecule is CC(=O)[C@H]1OC(C)(C)O[C@H]1[C@H](O)CO[Si](C)(C)C(C)(C)C. The number of rotatable bonds is 5. The second-order valence-corrected chi connectivity index (χ2v) is 12.6. The molecule has 1 aliphatic heterocycles. The molecule has 1 aliphatic rings. The first-order valence-corrected chi connectivity index (χ1v) is 10.4. The van der Waals surface area contributed by atoms with Crippen molar-refractivity contribution in [1.29, 1.82) is 0 Å². The summed E-state index contributed by atoms with van der Waals surface area (Å²) in [5, 5.41) is 10.4. The van der Waals surface area contributed by atoms with Crippen molar-refractivity contribution in [3.05, 3.63) is 0 Å². The molecule has 1 saturated heterocycles. The van der Waals surface area contributed by atoms with E-state index in [2.05, 4.69) is 33.9 Å². The summed E-state index contributed by atoms with van der Waals surface area (Å²) in [6, 6.07) is 0. The summed E-state index contributed by atoms with van der Waals surface area (Å²) in [5.74, 6) is -1.00. The van der Waals surface area contributed by atoms with E-state index in [9.17, 15) is 9.90 Å². The lowest BCUT2D eigenvalue weighted by Gasteiger charge is -2.37. The number of hydrogen-bond acceptors (Lipinski definition) is 5. The molecule has 0 amide bonds. The fraction of sp³-hybridized carbons (Fsp3) is 0.933. The zero-order valence-electron chi connectivity index (χ0n) is 14.5. The molecule has 0 bridgehead atoms. The highest BCUT2D eigenvalue weighted by molar-refractivity contribution is 6.74. The van der Waals surface area contributed by atoms with Crippen molar-refractivity contribution >= 4 is 14.1 Å². The van der Waals surface area contributed by atoms with Gasteiger partial charge in [0.1, 0.15) is 18.3 Å². The Balaban J connectivity index is 2.71. The predicted molar refractivity (Wildman–Crippen MR) is 83.7 cm³/mol. The van der Waals surface area contributed by atoms with E-state index in [1.165, 1.54) is 6.92 Å². The molecule has 0 aliphatic carbocycles. The van der Waals surface area contributed by atoms with E-state index in [1.54, 1.807) is 13.8 Å². The Bertz CT molecular complexity index is 386. The number of aliphatic hydroxyl groups excluding tert-OH is 1. The van der Waals surface area contributed by atoms with Gasteiger partial charge in [-0.3, -0.25) is 4.79 Å². The molecule has 0 unspecified atom stereocenters. The number of carbonyl (C=O) groups is 1. The lowest BCUT2D eigenvalue weighted by Crippen LogP contribution is -2.47. The number of Topliss-reactive ketones (excluding diaryl/α,β-unsaturated/α-hetero) is 1. The van der Waals surface area contributed by atoms with Gasteiger partial charge in [0.15, 0.2) is 19.9 Å². The summed E-state index contributed by atoms with van der Waals surface area (Å²) in [6.45, 7) is 15.8. The van der Waals surface area contributed by atoms with E-state index in [1.807, 2.05) is 0 Å². The summed E-state index contributed by atoms with van der Waals surface area (Å²) in [6.07, 6.45) is -2.30. The van der Waals surface area contributed by atoms with Gasteiger partial charge in [0, 0.05) is 0 Å². The van der Waals surface area contributed by atoms with Crippen molar-refractivity contribution in [3.63, 3.8) is 0 Å². The zero-order chi connectivity index (χ0) is 16.6. The number of hydrogen-bond donors (Lipinski definition) is 1. The quantitative estimate of drug-likeness (QED) is 0.789. The Kier molecular flexibility index (Phi) is 5.44. The molecule has 0 aromatic heterocycles. The molecule has 0 aromatic carbocycles. The second kappa shape index (κ2) is 6.08. The molecule has 1 N–H and O–H groups in total. The highest BCUT2D eigenvalue weighted by Gasteiger charge is 2.47. The van der Waals surface area contributed by atoms with Gasteiger partial charge in [-0.25, -0.2) is 0 Å². The molecule has 1 rings (SSSR count). The first kappa shape index (κ1) is 18.8. The van der Waals surface area contributed by atoms with Crippen LogP contribution in [0.3, 0.4) is 0 Å². The second-order valence-electron chi connectivity index (χ2n) is 7.77. The van der Waals surface area contributed by atoms with Crippen LogP contribution in [0.15, 0.2) is 0 Å². The largest absolute Gasteiger partial charge is 0.414 e. The van der Waals surface area contributed by atoms with E-state index in [0.717, 1.165) is 0 Å². The van der Waals surface area contributed by atoms with E-state index in [-0.39, 0.29) is 17.4 Å².